The van der Waals surface area contributed by atoms with Gasteiger partial charge in [-0.15, -0.1) is 0 Å². The molecule has 1 saturated carbocycles. The van der Waals surface area contributed by atoms with Crippen LogP contribution in [-0.2, 0) is 12.8 Å². The third kappa shape index (κ3) is 5.19. The highest BCUT2D eigenvalue weighted by molar-refractivity contribution is 5.68. The van der Waals surface area contributed by atoms with Crippen molar-refractivity contribution in [3.05, 3.63) is 35.7 Å². The number of allylic oxidation sites excluding steroid dienone is 1. The number of hydrogen-bond acceptors (Lipinski definition) is 1. The summed E-state index contributed by atoms with van der Waals surface area (Å²) in [5.41, 5.74) is 5.70. The van der Waals surface area contributed by atoms with Gasteiger partial charge >= 0.3 is 0 Å². The predicted molar refractivity (Wildman–Crippen MR) is 111 cm³/mol. The second-order valence-corrected chi connectivity index (χ2v) is 8.38. The van der Waals surface area contributed by atoms with Crippen molar-refractivity contribution in [2.24, 2.45) is 11.3 Å². The summed E-state index contributed by atoms with van der Waals surface area (Å²) >= 11 is 0. The van der Waals surface area contributed by atoms with E-state index < -0.39 is 0 Å². The number of fused-ring (bicyclic) bond motifs is 1. The molecule has 1 aromatic rings. The minimum absolute atomic E-state index is 0.403. The Kier molecular flexibility index (Phi) is 7.72. The highest BCUT2D eigenvalue weighted by Crippen LogP contribution is 2.45. The van der Waals surface area contributed by atoms with Crippen LogP contribution in [0, 0.1) is 11.3 Å². The summed E-state index contributed by atoms with van der Waals surface area (Å²) in [7, 11) is 0. The summed E-state index contributed by atoms with van der Waals surface area (Å²) in [5.74, 6) is 0.869. The van der Waals surface area contributed by atoms with E-state index in [1.165, 1.54) is 80.3 Å². The van der Waals surface area contributed by atoms with E-state index in [1.807, 2.05) is 0 Å². The molecule has 0 saturated heterocycles. The monoisotopic (exact) mass is 341 g/mol. The number of hydrogen-bond donors (Lipinski definition) is 0. The van der Waals surface area contributed by atoms with Crippen molar-refractivity contribution >= 4 is 5.57 Å². The average molecular weight is 342 g/mol. The molecule has 0 aromatic carbocycles. The Labute approximate surface area is 156 Å². The van der Waals surface area contributed by atoms with E-state index in [1.54, 1.807) is 0 Å². The van der Waals surface area contributed by atoms with Gasteiger partial charge in [-0.3, -0.25) is 4.98 Å². The lowest BCUT2D eigenvalue weighted by Gasteiger charge is -2.37. The second kappa shape index (κ2) is 9.55. The van der Waals surface area contributed by atoms with Crippen molar-refractivity contribution in [3.8, 4) is 0 Å². The van der Waals surface area contributed by atoms with Crippen LogP contribution in [0.2, 0.25) is 0 Å². The number of rotatable bonds is 4. The Hall–Kier alpha value is -1.11. The van der Waals surface area contributed by atoms with Crippen LogP contribution < -0.4 is 0 Å². The topological polar surface area (TPSA) is 12.9 Å². The minimum atomic E-state index is 0.403. The maximum absolute atomic E-state index is 5.09. The van der Waals surface area contributed by atoms with Crippen LogP contribution in [-0.4, -0.2) is 4.98 Å². The van der Waals surface area contributed by atoms with Crippen LogP contribution in [0.15, 0.2) is 18.7 Å². The smallest absolute Gasteiger partial charge is 0.0487 e. The first-order valence-electron chi connectivity index (χ1n) is 10.7. The zero-order chi connectivity index (χ0) is 18.3. The normalized spacial score (nSPS) is 19.8. The fraction of sp³-hybridized carbons (Fsp3) is 0.708. The maximum atomic E-state index is 5.09. The van der Waals surface area contributed by atoms with Gasteiger partial charge in [-0.25, -0.2) is 0 Å². The Balaban J connectivity index is 0.000000701. The summed E-state index contributed by atoms with van der Waals surface area (Å²) in [6.07, 6.45) is 14.3. The molecule has 2 aliphatic carbocycles. The molecule has 140 valence electrons. The fourth-order valence-corrected chi connectivity index (χ4v) is 4.52. The molecule has 0 atom stereocenters. The van der Waals surface area contributed by atoms with Gasteiger partial charge in [-0.05, 0) is 60.6 Å². The third-order valence-electron chi connectivity index (χ3n) is 6.27. The quantitative estimate of drug-likeness (QED) is 0.556. The first kappa shape index (κ1) is 20.2. The van der Waals surface area contributed by atoms with E-state index in [-0.39, 0.29) is 0 Å². The van der Waals surface area contributed by atoms with Crippen LogP contribution >= 0.6 is 0 Å². The van der Waals surface area contributed by atoms with E-state index in [0.717, 1.165) is 18.8 Å². The van der Waals surface area contributed by atoms with Gasteiger partial charge in [0.2, 0.25) is 0 Å². The molecule has 2 aliphatic rings. The summed E-state index contributed by atoms with van der Waals surface area (Å²) in [5, 5.41) is 0. The van der Waals surface area contributed by atoms with Gasteiger partial charge in [0.05, 0.1) is 0 Å². The van der Waals surface area contributed by atoms with Crippen LogP contribution in [0.3, 0.4) is 0 Å². The molecule has 1 heterocycles. The highest BCUT2D eigenvalue weighted by Gasteiger charge is 2.34. The van der Waals surface area contributed by atoms with Gasteiger partial charge in [0.15, 0.2) is 0 Å². The van der Waals surface area contributed by atoms with Crippen LogP contribution in [0.25, 0.3) is 5.57 Å². The molecule has 0 amide bonds. The Morgan fingerprint density at radius 2 is 1.64 bits per heavy atom. The predicted octanol–water partition coefficient (Wildman–Crippen LogP) is 7.39. The summed E-state index contributed by atoms with van der Waals surface area (Å²) in [6.45, 7) is 13.3. The van der Waals surface area contributed by atoms with Gasteiger partial charge in [0, 0.05) is 11.4 Å². The molecular weight excluding hydrogens is 302 g/mol. The average Bonchev–Trinajstić information content (AvgIpc) is 2.63. The molecule has 25 heavy (non-hydrogen) atoms. The summed E-state index contributed by atoms with van der Waals surface area (Å²) in [6, 6.07) is 4.57. The molecular formula is C24H39N. The van der Waals surface area contributed by atoms with Crippen LogP contribution in [0.5, 0.6) is 0 Å². The van der Waals surface area contributed by atoms with E-state index >= 15 is 0 Å². The zero-order valence-corrected chi connectivity index (χ0v) is 17.2. The van der Waals surface area contributed by atoms with Crippen molar-refractivity contribution in [1.82, 2.24) is 4.98 Å². The maximum Gasteiger partial charge on any atom is 0.0487 e. The van der Waals surface area contributed by atoms with Gasteiger partial charge in [0.25, 0.3) is 0 Å². The summed E-state index contributed by atoms with van der Waals surface area (Å²) in [4.78, 5) is 5.09. The molecule has 0 bridgehead atoms. The molecule has 1 fully saturated rings. The molecule has 1 aromatic heterocycles. The van der Waals surface area contributed by atoms with Gasteiger partial charge in [0.1, 0.15) is 0 Å². The third-order valence-corrected chi connectivity index (χ3v) is 6.27. The van der Waals surface area contributed by atoms with E-state index in [2.05, 4.69) is 46.4 Å². The lowest BCUT2D eigenvalue weighted by molar-refractivity contribution is 0.257. The van der Waals surface area contributed by atoms with Gasteiger partial charge in [-0.1, -0.05) is 78.9 Å². The second-order valence-electron chi connectivity index (χ2n) is 8.38. The largest absolute Gasteiger partial charge is 0.257 e. The van der Waals surface area contributed by atoms with Crippen molar-refractivity contribution in [2.45, 2.75) is 98.3 Å². The van der Waals surface area contributed by atoms with E-state index in [4.69, 9.17) is 4.98 Å². The zero-order valence-electron chi connectivity index (χ0n) is 17.2. The number of nitrogens with zero attached hydrogens (tertiary/aromatic N) is 1. The molecule has 1 nitrogen and oxygen atoms in total. The highest BCUT2D eigenvalue weighted by atomic mass is 14.7. The number of aromatic nitrogens is 1. The summed E-state index contributed by atoms with van der Waals surface area (Å²) < 4.78 is 0. The molecule has 0 spiro atoms. The first-order valence-corrected chi connectivity index (χ1v) is 10.7. The van der Waals surface area contributed by atoms with Crippen LogP contribution in [0.4, 0.5) is 0 Å². The molecule has 0 radical (unpaired) electrons. The molecule has 0 N–H and O–H groups in total. The lowest BCUT2D eigenvalue weighted by Crippen LogP contribution is -2.28. The Morgan fingerprint density at radius 1 is 1.00 bits per heavy atom. The van der Waals surface area contributed by atoms with Crippen LogP contribution in [0.1, 0.15) is 102 Å². The molecule has 0 aliphatic heterocycles. The Morgan fingerprint density at radius 3 is 2.24 bits per heavy atom. The van der Waals surface area contributed by atoms with Crippen molar-refractivity contribution < 1.29 is 0 Å². The minimum Gasteiger partial charge on any atom is -0.257 e. The SMILES string of the molecule is C=C1CC(CC)(CC)Cc2nc(CC3CCCCC3)ccc21.CCC. The molecule has 0 unspecified atom stereocenters. The lowest BCUT2D eigenvalue weighted by atomic mass is 9.68. The van der Waals surface area contributed by atoms with E-state index in [0.29, 0.717) is 5.41 Å². The van der Waals surface area contributed by atoms with Crippen molar-refractivity contribution in [2.75, 3.05) is 0 Å². The van der Waals surface area contributed by atoms with E-state index in [9.17, 15) is 0 Å². The fourth-order valence-electron chi connectivity index (χ4n) is 4.52. The first-order chi connectivity index (χ1) is 12.1. The van der Waals surface area contributed by atoms with Gasteiger partial charge < -0.3 is 0 Å². The van der Waals surface area contributed by atoms with Crippen molar-refractivity contribution in [3.63, 3.8) is 0 Å². The standard InChI is InChI=1S/C21H31N.C3H8/c1-4-21(5-2)14-16(3)19-12-11-18(22-20(19)15-21)13-17-9-7-6-8-10-17;1-3-2/h11-12,17H,3-10,13-15H2,1-2H3;3H2,1-2H3. The molecule has 1 heteroatoms. The Bertz CT molecular complexity index is 547. The van der Waals surface area contributed by atoms with Crippen molar-refractivity contribution in [1.29, 1.82) is 0 Å². The molecule has 3 rings (SSSR count). The van der Waals surface area contributed by atoms with Gasteiger partial charge in [-0.2, -0.15) is 0 Å². The number of pyridine rings is 1.